The molecule has 1 N–H and O–H groups in total. The quantitative estimate of drug-likeness (QED) is 0.480. The molecule has 29 heavy (non-hydrogen) atoms. The van der Waals surface area contributed by atoms with E-state index in [2.05, 4.69) is 31.6 Å². The van der Waals surface area contributed by atoms with Gasteiger partial charge in [0.25, 0.3) is 0 Å². The minimum Gasteiger partial charge on any atom is -0.496 e. The van der Waals surface area contributed by atoms with Crippen LogP contribution in [-0.4, -0.2) is 23.3 Å². The van der Waals surface area contributed by atoms with E-state index in [1.165, 1.54) is 0 Å². The Morgan fingerprint density at radius 1 is 1.21 bits per heavy atom. The zero-order chi connectivity index (χ0) is 21.0. The lowest BCUT2D eigenvalue weighted by Crippen LogP contribution is -2.21. The van der Waals surface area contributed by atoms with Gasteiger partial charge in [-0.05, 0) is 48.6 Å². The fourth-order valence-corrected chi connectivity index (χ4v) is 3.43. The Labute approximate surface area is 170 Å². The molecule has 3 rings (SSSR count). The molecule has 0 saturated carbocycles. The summed E-state index contributed by atoms with van der Waals surface area (Å²) in [5.74, 6) is 0.464. The maximum Gasteiger partial charge on any atom is 0.335 e. The van der Waals surface area contributed by atoms with E-state index in [4.69, 9.17) is 14.4 Å². The van der Waals surface area contributed by atoms with Crippen molar-refractivity contribution in [3.63, 3.8) is 0 Å². The minimum atomic E-state index is -0.959. The van der Waals surface area contributed by atoms with Crippen molar-refractivity contribution in [1.82, 2.24) is 5.16 Å². The van der Waals surface area contributed by atoms with Crippen molar-refractivity contribution >= 4 is 5.97 Å². The van der Waals surface area contributed by atoms with Crippen molar-refractivity contribution in [2.75, 3.05) is 7.11 Å². The predicted octanol–water partition coefficient (Wildman–Crippen LogP) is 5.96. The lowest BCUT2D eigenvalue weighted by molar-refractivity contribution is 0.0697. The van der Waals surface area contributed by atoms with Gasteiger partial charge in [0.1, 0.15) is 11.4 Å². The van der Waals surface area contributed by atoms with Crippen molar-refractivity contribution in [3.8, 4) is 28.3 Å². The second-order valence-corrected chi connectivity index (χ2v) is 7.28. The Hall–Kier alpha value is -3.34. The van der Waals surface area contributed by atoms with Crippen molar-refractivity contribution in [2.45, 2.75) is 32.1 Å². The number of methoxy groups -OCH3 is 1. The van der Waals surface area contributed by atoms with Crippen molar-refractivity contribution in [3.05, 3.63) is 72.3 Å². The Balaban J connectivity index is 1.98. The highest BCUT2D eigenvalue weighted by Crippen LogP contribution is 2.40. The third-order valence-corrected chi connectivity index (χ3v) is 5.45. The van der Waals surface area contributed by atoms with Gasteiger partial charge in [-0.25, -0.2) is 4.79 Å². The Morgan fingerprint density at radius 3 is 2.48 bits per heavy atom. The summed E-state index contributed by atoms with van der Waals surface area (Å²) in [6, 6.07) is 14.4. The maximum atomic E-state index is 11.0. The van der Waals surface area contributed by atoms with Crippen LogP contribution in [0.1, 0.15) is 42.6 Å². The lowest BCUT2D eigenvalue weighted by atomic mass is 9.76. The molecule has 5 heteroatoms. The average molecular weight is 391 g/mol. The molecule has 0 aliphatic carbocycles. The Morgan fingerprint density at radius 2 is 1.90 bits per heavy atom. The van der Waals surface area contributed by atoms with Gasteiger partial charge in [-0.2, -0.15) is 0 Å². The van der Waals surface area contributed by atoms with Gasteiger partial charge in [0.2, 0.25) is 0 Å². The number of nitrogens with zero attached hydrogens (tertiary/aromatic N) is 1. The molecule has 2 aromatic carbocycles. The van der Waals surface area contributed by atoms with E-state index in [1.807, 2.05) is 24.3 Å². The van der Waals surface area contributed by atoms with E-state index >= 15 is 0 Å². The number of aromatic nitrogens is 1. The molecule has 1 heterocycles. The summed E-state index contributed by atoms with van der Waals surface area (Å²) in [6.07, 6.45) is 3.72. The topological polar surface area (TPSA) is 72.6 Å². The molecular weight excluding hydrogens is 366 g/mol. The van der Waals surface area contributed by atoms with Gasteiger partial charge in [-0.1, -0.05) is 37.2 Å². The van der Waals surface area contributed by atoms with Crippen LogP contribution in [0.5, 0.6) is 5.75 Å². The van der Waals surface area contributed by atoms with Crippen molar-refractivity contribution in [2.24, 2.45) is 0 Å². The number of carboxylic acid groups (broad SMARTS) is 1. The fourth-order valence-electron chi connectivity index (χ4n) is 3.43. The standard InChI is InChI=1S/C24H25NO4/c1-5-13-24(3,6-2)19-14-18(11-12-21(19)28-4)20-15-22(29-25-20)16-7-9-17(10-8-16)23(26)27/h5,7-12,14-15H,1,6,13H2,2-4H3,(H,26,27). The van der Waals surface area contributed by atoms with Crippen LogP contribution in [-0.2, 0) is 5.41 Å². The third-order valence-electron chi connectivity index (χ3n) is 5.45. The van der Waals surface area contributed by atoms with Gasteiger partial charge in [0.05, 0.1) is 12.7 Å². The number of carboxylic acids is 1. The van der Waals surface area contributed by atoms with Gasteiger partial charge in [0, 0.05) is 22.8 Å². The van der Waals surface area contributed by atoms with Gasteiger partial charge >= 0.3 is 5.97 Å². The number of hydrogen-bond acceptors (Lipinski definition) is 4. The zero-order valence-corrected chi connectivity index (χ0v) is 16.9. The first-order valence-corrected chi connectivity index (χ1v) is 9.52. The van der Waals surface area contributed by atoms with Gasteiger partial charge in [-0.3, -0.25) is 0 Å². The van der Waals surface area contributed by atoms with Crippen molar-refractivity contribution in [1.29, 1.82) is 0 Å². The van der Waals surface area contributed by atoms with Crippen LogP contribution < -0.4 is 4.74 Å². The van der Waals surface area contributed by atoms with Crippen LogP contribution in [0.25, 0.3) is 22.6 Å². The van der Waals surface area contributed by atoms with E-state index in [0.717, 1.165) is 35.3 Å². The minimum absolute atomic E-state index is 0.0949. The number of carbonyl (C=O) groups is 1. The molecule has 1 aromatic heterocycles. The number of allylic oxidation sites excluding steroid dienone is 1. The summed E-state index contributed by atoms with van der Waals surface area (Å²) in [5, 5.41) is 13.3. The molecule has 0 amide bonds. The molecule has 0 bridgehead atoms. The number of aromatic carboxylic acids is 1. The number of ether oxygens (including phenoxy) is 1. The SMILES string of the molecule is C=CCC(C)(CC)c1cc(-c2cc(-c3ccc(C(=O)O)cc3)on2)ccc1OC. The van der Waals surface area contributed by atoms with Gasteiger partial charge in [0.15, 0.2) is 5.76 Å². The summed E-state index contributed by atoms with van der Waals surface area (Å²) in [4.78, 5) is 11.0. The molecule has 0 aliphatic rings. The lowest BCUT2D eigenvalue weighted by Gasteiger charge is -2.29. The molecular formula is C24H25NO4. The monoisotopic (exact) mass is 391 g/mol. The van der Waals surface area contributed by atoms with Gasteiger partial charge in [-0.15, -0.1) is 6.58 Å². The first kappa shape index (κ1) is 20.4. The van der Waals surface area contributed by atoms with E-state index < -0.39 is 5.97 Å². The van der Waals surface area contributed by atoms with E-state index in [-0.39, 0.29) is 11.0 Å². The van der Waals surface area contributed by atoms with Crippen LogP contribution in [0.2, 0.25) is 0 Å². The molecule has 0 radical (unpaired) electrons. The molecule has 0 saturated heterocycles. The van der Waals surface area contributed by atoms with E-state index in [0.29, 0.717) is 11.5 Å². The molecule has 1 unspecified atom stereocenters. The highest BCUT2D eigenvalue weighted by Gasteiger charge is 2.27. The average Bonchev–Trinajstić information content (AvgIpc) is 3.23. The highest BCUT2D eigenvalue weighted by atomic mass is 16.5. The van der Waals surface area contributed by atoms with E-state index in [9.17, 15) is 4.79 Å². The largest absolute Gasteiger partial charge is 0.496 e. The first-order chi connectivity index (χ1) is 13.9. The van der Waals surface area contributed by atoms with Crippen LogP contribution in [0.15, 0.2) is 65.7 Å². The Kier molecular flexibility index (Phi) is 5.87. The smallest absolute Gasteiger partial charge is 0.335 e. The number of benzene rings is 2. The summed E-state index contributed by atoms with van der Waals surface area (Å²) in [7, 11) is 1.68. The summed E-state index contributed by atoms with van der Waals surface area (Å²) in [6.45, 7) is 8.26. The second kappa shape index (κ2) is 8.35. The normalized spacial score (nSPS) is 12.9. The summed E-state index contributed by atoms with van der Waals surface area (Å²) >= 11 is 0. The summed E-state index contributed by atoms with van der Waals surface area (Å²) < 4.78 is 11.1. The second-order valence-electron chi connectivity index (χ2n) is 7.28. The third kappa shape index (κ3) is 4.09. The van der Waals surface area contributed by atoms with Crippen LogP contribution in [0, 0.1) is 0 Å². The Bertz CT molecular complexity index is 1020. The maximum absolute atomic E-state index is 11.0. The molecule has 5 nitrogen and oxygen atoms in total. The molecule has 3 aromatic rings. The number of hydrogen-bond donors (Lipinski definition) is 1. The molecule has 0 aliphatic heterocycles. The molecule has 0 spiro atoms. The van der Waals surface area contributed by atoms with E-state index in [1.54, 1.807) is 31.4 Å². The molecule has 150 valence electrons. The predicted molar refractivity (Wildman–Crippen MR) is 113 cm³/mol. The van der Waals surface area contributed by atoms with Crippen LogP contribution in [0.4, 0.5) is 0 Å². The van der Waals surface area contributed by atoms with Crippen LogP contribution in [0.3, 0.4) is 0 Å². The zero-order valence-electron chi connectivity index (χ0n) is 16.9. The van der Waals surface area contributed by atoms with Gasteiger partial charge < -0.3 is 14.4 Å². The fraction of sp³-hybridized carbons (Fsp3) is 0.250. The molecule has 0 fully saturated rings. The summed E-state index contributed by atoms with van der Waals surface area (Å²) in [5.41, 5.74) is 3.66. The highest BCUT2D eigenvalue weighted by molar-refractivity contribution is 5.88. The molecule has 1 atom stereocenters. The van der Waals surface area contributed by atoms with Crippen LogP contribution >= 0.6 is 0 Å². The first-order valence-electron chi connectivity index (χ1n) is 9.52. The number of rotatable bonds is 8. The van der Waals surface area contributed by atoms with Crippen molar-refractivity contribution < 1.29 is 19.2 Å².